The summed E-state index contributed by atoms with van der Waals surface area (Å²) in [6.45, 7) is 1.52. The molecule has 28 heavy (non-hydrogen) atoms. The molecule has 1 aromatic heterocycles. The summed E-state index contributed by atoms with van der Waals surface area (Å²) in [6.07, 6.45) is 1.22. The standard InChI is InChI=1S/C17H18ClN5O4S/c1-3-14(17(25)22-16-11(8-19)9-20-23(16)2)28(26,27)10-15(24)21-13-6-4-12(18)5-7-13/h4-7,9,14H,3,10H2,1-2H3,(H,21,24)(H,22,25). The van der Waals surface area contributed by atoms with Crippen molar-refractivity contribution in [2.24, 2.45) is 7.05 Å². The molecule has 0 saturated carbocycles. The Morgan fingerprint density at radius 2 is 1.93 bits per heavy atom. The SMILES string of the molecule is CCC(C(=O)Nc1c(C#N)cnn1C)S(=O)(=O)CC(=O)Nc1ccc(Cl)cc1. The van der Waals surface area contributed by atoms with Crippen LogP contribution in [0.15, 0.2) is 30.5 Å². The molecule has 0 radical (unpaired) electrons. The molecule has 1 aromatic carbocycles. The molecule has 0 fully saturated rings. The minimum absolute atomic E-state index is 0.0396. The van der Waals surface area contributed by atoms with Gasteiger partial charge < -0.3 is 10.6 Å². The summed E-state index contributed by atoms with van der Waals surface area (Å²) in [7, 11) is -2.59. The van der Waals surface area contributed by atoms with Gasteiger partial charge >= 0.3 is 0 Å². The van der Waals surface area contributed by atoms with Crippen LogP contribution >= 0.6 is 11.6 Å². The number of carbonyl (C=O) groups excluding carboxylic acids is 2. The van der Waals surface area contributed by atoms with Crippen LogP contribution in [-0.2, 0) is 26.5 Å². The molecule has 1 heterocycles. The van der Waals surface area contributed by atoms with E-state index in [0.717, 1.165) is 0 Å². The Morgan fingerprint density at radius 1 is 1.29 bits per heavy atom. The molecule has 0 spiro atoms. The fraction of sp³-hybridized carbons (Fsp3) is 0.294. The second kappa shape index (κ2) is 8.86. The van der Waals surface area contributed by atoms with Crippen molar-refractivity contribution in [3.63, 3.8) is 0 Å². The van der Waals surface area contributed by atoms with Crippen molar-refractivity contribution in [1.29, 1.82) is 5.26 Å². The molecule has 2 aromatic rings. The number of halogens is 1. The van der Waals surface area contributed by atoms with Gasteiger partial charge in [0.15, 0.2) is 9.84 Å². The molecule has 2 N–H and O–H groups in total. The number of aromatic nitrogens is 2. The number of benzene rings is 1. The van der Waals surface area contributed by atoms with Gasteiger partial charge in [-0.3, -0.25) is 14.3 Å². The van der Waals surface area contributed by atoms with Gasteiger partial charge in [-0.25, -0.2) is 8.42 Å². The highest BCUT2D eigenvalue weighted by atomic mass is 35.5. The number of nitrogens with zero attached hydrogens (tertiary/aromatic N) is 3. The van der Waals surface area contributed by atoms with E-state index < -0.39 is 32.7 Å². The summed E-state index contributed by atoms with van der Waals surface area (Å²) < 4.78 is 26.4. The van der Waals surface area contributed by atoms with Crippen LogP contribution < -0.4 is 10.6 Å². The average Bonchev–Trinajstić information content (AvgIpc) is 2.96. The van der Waals surface area contributed by atoms with Gasteiger partial charge in [0.2, 0.25) is 11.8 Å². The molecule has 0 aliphatic carbocycles. The lowest BCUT2D eigenvalue weighted by molar-refractivity contribution is -0.115. The predicted molar refractivity (Wildman–Crippen MR) is 105 cm³/mol. The number of rotatable bonds is 7. The van der Waals surface area contributed by atoms with Crippen molar-refractivity contribution in [2.45, 2.75) is 18.6 Å². The second-order valence-corrected chi connectivity index (χ2v) is 8.51. The van der Waals surface area contributed by atoms with Crippen LogP contribution in [0.2, 0.25) is 5.02 Å². The Balaban J connectivity index is 2.11. The lowest BCUT2D eigenvalue weighted by Gasteiger charge is -2.16. The van der Waals surface area contributed by atoms with Crippen molar-refractivity contribution >= 4 is 44.8 Å². The first-order valence-electron chi connectivity index (χ1n) is 8.18. The van der Waals surface area contributed by atoms with E-state index >= 15 is 0 Å². The summed E-state index contributed by atoms with van der Waals surface area (Å²) in [5.41, 5.74) is 0.485. The van der Waals surface area contributed by atoms with Gasteiger partial charge in [-0.15, -0.1) is 0 Å². The maximum Gasteiger partial charge on any atom is 0.243 e. The molecule has 1 atom stereocenters. The molecule has 148 valence electrons. The summed E-state index contributed by atoms with van der Waals surface area (Å²) >= 11 is 5.76. The van der Waals surface area contributed by atoms with Gasteiger partial charge in [-0.05, 0) is 30.7 Å². The van der Waals surface area contributed by atoms with E-state index in [1.807, 2.05) is 6.07 Å². The van der Waals surface area contributed by atoms with Crippen LogP contribution in [0.25, 0.3) is 0 Å². The van der Waals surface area contributed by atoms with E-state index in [2.05, 4.69) is 15.7 Å². The molecular weight excluding hydrogens is 406 g/mol. The molecule has 0 aliphatic heterocycles. The first kappa shape index (κ1) is 21.4. The molecule has 2 rings (SSSR count). The van der Waals surface area contributed by atoms with Crippen LogP contribution in [-0.4, -0.2) is 41.0 Å². The van der Waals surface area contributed by atoms with Crippen LogP contribution in [0.4, 0.5) is 11.5 Å². The number of hydrogen-bond acceptors (Lipinski definition) is 6. The van der Waals surface area contributed by atoms with E-state index in [9.17, 15) is 18.0 Å². The van der Waals surface area contributed by atoms with E-state index in [0.29, 0.717) is 10.7 Å². The van der Waals surface area contributed by atoms with Gasteiger partial charge in [0.25, 0.3) is 0 Å². The number of hydrogen-bond donors (Lipinski definition) is 2. The third-order valence-electron chi connectivity index (χ3n) is 3.86. The molecule has 0 aliphatic rings. The zero-order chi connectivity index (χ0) is 20.9. The minimum atomic E-state index is -4.10. The zero-order valence-electron chi connectivity index (χ0n) is 15.1. The third kappa shape index (κ3) is 5.09. The number of aryl methyl sites for hydroxylation is 1. The topological polar surface area (TPSA) is 134 Å². The van der Waals surface area contributed by atoms with Gasteiger partial charge in [-0.2, -0.15) is 10.4 Å². The summed E-state index contributed by atoms with van der Waals surface area (Å²) in [5.74, 6) is -2.38. The summed E-state index contributed by atoms with van der Waals surface area (Å²) in [5, 5.41) is 16.8. The fourth-order valence-electron chi connectivity index (χ4n) is 2.48. The van der Waals surface area contributed by atoms with Crippen molar-refractivity contribution in [3.05, 3.63) is 41.0 Å². The highest BCUT2D eigenvalue weighted by Crippen LogP contribution is 2.17. The lowest BCUT2D eigenvalue weighted by Crippen LogP contribution is -2.39. The smallest absolute Gasteiger partial charge is 0.243 e. The highest BCUT2D eigenvalue weighted by Gasteiger charge is 2.33. The molecule has 0 bridgehead atoms. The monoisotopic (exact) mass is 423 g/mol. The first-order chi connectivity index (χ1) is 13.2. The van der Waals surface area contributed by atoms with E-state index in [-0.39, 0.29) is 17.8 Å². The summed E-state index contributed by atoms with van der Waals surface area (Å²) in [4.78, 5) is 24.6. The normalized spacial score (nSPS) is 12.1. The molecule has 2 amide bonds. The van der Waals surface area contributed by atoms with Crippen LogP contribution in [0, 0.1) is 11.3 Å². The lowest BCUT2D eigenvalue weighted by atomic mass is 10.3. The van der Waals surface area contributed by atoms with Crippen molar-refractivity contribution < 1.29 is 18.0 Å². The van der Waals surface area contributed by atoms with Gasteiger partial charge in [-0.1, -0.05) is 18.5 Å². The van der Waals surface area contributed by atoms with Crippen molar-refractivity contribution in [1.82, 2.24) is 9.78 Å². The summed E-state index contributed by atoms with van der Waals surface area (Å²) in [6, 6.07) is 8.02. The number of carbonyl (C=O) groups is 2. The Morgan fingerprint density at radius 3 is 2.50 bits per heavy atom. The number of nitrogens with one attached hydrogen (secondary N) is 2. The Bertz CT molecular complexity index is 1020. The van der Waals surface area contributed by atoms with Crippen LogP contribution in [0.5, 0.6) is 0 Å². The van der Waals surface area contributed by atoms with E-state index in [1.165, 1.54) is 37.0 Å². The molecule has 0 saturated heterocycles. The minimum Gasteiger partial charge on any atom is -0.325 e. The molecule has 9 nitrogen and oxygen atoms in total. The van der Waals surface area contributed by atoms with Gasteiger partial charge in [0.1, 0.15) is 28.5 Å². The van der Waals surface area contributed by atoms with E-state index in [4.69, 9.17) is 16.9 Å². The van der Waals surface area contributed by atoms with Crippen molar-refractivity contribution in [2.75, 3.05) is 16.4 Å². The number of amides is 2. The van der Waals surface area contributed by atoms with E-state index in [1.54, 1.807) is 12.1 Å². The van der Waals surface area contributed by atoms with Crippen LogP contribution in [0.1, 0.15) is 18.9 Å². The average molecular weight is 424 g/mol. The van der Waals surface area contributed by atoms with Gasteiger partial charge in [0.05, 0.1) is 6.20 Å². The Hall–Kier alpha value is -2.90. The van der Waals surface area contributed by atoms with Crippen LogP contribution in [0.3, 0.4) is 0 Å². The van der Waals surface area contributed by atoms with Gasteiger partial charge in [0, 0.05) is 17.8 Å². The third-order valence-corrected chi connectivity index (χ3v) is 6.19. The highest BCUT2D eigenvalue weighted by molar-refractivity contribution is 7.93. The molecule has 11 heteroatoms. The molecular formula is C17H18ClN5O4S. The zero-order valence-corrected chi connectivity index (χ0v) is 16.7. The Kier molecular flexibility index (Phi) is 6.77. The predicted octanol–water partition coefficient (Wildman–Crippen LogP) is 1.72. The quantitative estimate of drug-likeness (QED) is 0.696. The fourth-order valence-corrected chi connectivity index (χ4v) is 4.14. The molecule has 1 unspecified atom stereocenters. The maximum absolute atomic E-state index is 12.6. The van der Waals surface area contributed by atoms with Crippen molar-refractivity contribution in [3.8, 4) is 6.07 Å². The number of sulfone groups is 1. The maximum atomic E-state index is 12.6. The first-order valence-corrected chi connectivity index (χ1v) is 10.3. The number of anilines is 2. The largest absolute Gasteiger partial charge is 0.325 e. The number of nitriles is 1. The second-order valence-electron chi connectivity index (χ2n) is 5.89. The Labute approximate surface area is 167 Å².